The quantitative estimate of drug-likeness (QED) is 0.495. The topological polar surface area (TPSA) is 79.1 Å². The first-order valence-electron chi connectivity index (χ1n) is 7.44. The van der Waals surface area contributed by atoms with Crippen molar-refractivity contribution in [3.05, 3.63) is 11.9 Å². The number of likely N-dealkylation sites (N-methyl/N-ethyl adjacent to an activating group) is 1. The molecule has 1 aromatic heterocycles. The van der Waals surface area contributed by atoms with Crippen LogP contribution >= 0.6 is 0 Å². The number of hydrogen-bond acceptors (Lipinski definition) is 6. The Morgan fingerprint density at radius 3 is 2.70 bits per heavy atom. The van der Waals surface area contributed by atoms with E-state index in [-0.39, 0.29) is 0 Å². The Balaban J connectivity index is 1.95. The molecule has 1 fully saturated rings. The van der Waals surface area contributed by atoms with Crippen molar-refractivity contribution < 1.29 is 0 Å². The summed E-state index contributed by atoms with van der Waals surface area (Å²) in [6.45, 7) is 5.23. The van der Waals surface area contributed by atoms with Gasteiger partial charge in [-0.2, -0.15) is 0 Å². The maximum absolute atomic E-state index is 5.46. The number of aryl methyl sites for hydroxylation is 1. The Morgan fingerprint density at radius 2 is 2.10 bits per heavy atom. The molecule has 6 heteroatoms. The lowest BCUT2D eigenvalue weighted by Gasteiger charge is -2.25. The van der Waals surface area contributed by atoms with Crippen molar-refractivity contribution in [3.63, 3.8) is 0 Å². The van der Waals surface area contributed by atoms with E-state index in [1.807, 2.05) is 6.07 Å². The number of hydrazine groups is 1. The summed E-state index contributed by atoms with van der Waals surface area (Å²) in [6, 6.07) is 3.11. The van der Waals surface area contributed by atoms with Crippen molar-refractivity contribution in [2.24, 2.45) is 5.84 Å². The molecule has 4 N–H and O–H groups in total. The number of nitrogens with zero attached hydrogens (tertiary/aromatic N) is 3. The molecule has 0 aliphatic heterocycles. The van der Waals surface area contributed by atoms with Crippen LogP contribution in [0.5, 0.6) is 0 Å². The van der Waals surface area contributed by atoms with Crippen LogP contribution < -0.4 is 16.6 Å². The van der Waals surface area contributed by atoms with Crippen LogP contribution in [0.15, 0.2) is 6.07 Å². The van der Waals surface area contributed by atoms with Crippen LogP contribution in [0, 0.1) is 0 Å². The lowest BCUT2D eigenvalue weighted by atomic mass is 10.3. The van der Waals surface area contributed by atoms with Crippen molar-refractivity contribution in [1.82, 2.24) is 14.9 Å². The average molecular weight is 278 g/mol. The molecular weight excluding hydrogens is 252 g/mol. The van der Waals surface area contributed by atoms with E-state index in [0.717, 1.165) is 37.1 Å². The van der Waals surface area contributed by atoms with Gasteiger partial charge in [-0.3, -0.25) is 4.90 Å². The highest BCUT2D eigenvalue weighted by molar-refractivity contribution is 5.46. The van der Waals surface area contributed by atoms with Crippen LogP contribution in [0.25, 0.3) is 0 Å². The van der Waals surface area contributed by atoms with Gasteiger partial charge in [0.05, 0.1) is 0 Å². The minimum atomic E-state index is 0.487. The molecule has 20 heavy (non-hydrogen) atoms. The predicted molar refractivity (Wildman–Crippen MR) is 82.6 cm³/mol. The van der Waals surface area contributed by atoms with Crippen molar-refractivity contribution >= 4 is 11.6 Å². The van der Waals surface area contributed by atoms with Gasteiger partial charge in [0.1, 0.15) is 17.5 Å². The molecule has 1 aliphatic carbocycles. The number of hydrogen-bond donors (Lipinski definition) is 3. The second-order valence-electron chi connectivity index (χ2n) is 5.58. The van der Waals surface area contributed by atoms with Gasteiger partial charge in [0.25, 0.3) is 0 Å². The molecular formula is C14H26N6. The lowest BCUT2D eigenvalue weighted by Crippen LogP contribution is -2.36. The molecule has 1 atom stereocenters. The summed E-state index contributed by atoms with van der Waals surface area (Å²) >= 11 is 0. The Hall–Kier alpha value is -1.40. The van der Waals surface area contributed by atoms with Crippen LogP contribution in [0.3, 0.4) is 0 Å². The second-order valence-corrected chi connectivity index (χ2v) is 5.58. The SMILES string of the molecule is CCCc1nc(NN)cc(NCC(C)N(C)C2CC2)n1. The molecule has 1 unspecified atom stereocenters. The highest BCUT2D eigenvalue weighted by Crippen LogP contribution is 2.26. The summed E-state index contributed by atoms with van der Waals surface area (Å²) in [5.41, 5.74) is 2.60. The standard InChI is InChI=1S/C14H26N6/c1-4-5-12-17-13(8-14(18-12)19-15)16-9-10(2)20(3)11-6-7-11/h8,10-11H,4-7,9,15H2,1-3H3,(H2,16,17,18,19). The molecule has 1 saturated carbocycles. The molecule has 0 spiro atoms. The molecule has 2 rings (SSSR count). The fourth-order valence-electron chi connectivity index (χ4n) is 2.24. The highest BCUT2D eigenvalue weighted by Gasteiger charge is 2.28. The zero-order valence-corrected chi connectivity index (χ0v) is 12.7. The lowest BCUT2D eigenvalue weighted by molar-refractivity contribution is 0.257. The van der Waals surface area contributed by atoms with E-state index in [0.29, 0.717) is 11.9 Å². The molecule has 1 heterocycles. The van der Waals surface area contributed by atoms with Gasteiger partial charge in [-0.1, -0.05) is 6.92 Å². The number of rotatable bonds is 8. The van der Waals surface area contributed by atoms with E-state index in [1.165, 1.54) is 12.8 Å². The first-order chi connectivity index (χ1) is 9.63. The van der Waals surface area contributed by atoms with Gasteiger partial charge in [0, 0.05) is 31.1 Å². The van der Waals surface area contributed by atoms with Crippen molar-refractivity contribution in [3.8, 4) is 0 Å². The first-order valence-corrected chi connectivity index (χ1v) is 7.44. The summed E-state index contributed by atoms with van der Waals surface area (Å²) < 4.78 is 0. The Bertz CT molecular complexity index is 432. The number of anilines is 2. The largest absolute Gasteiger partial charge is 0.368 e. The third-order valence-corrected chi connectivity index (χ3v) is 3.79. The normalized spacial score (nSPS) is 16.2. The van der Waals surface area contributed by atoms with Crippen LogP contribution in [-0.4, -0.2) is 40.5 Å². The van der Waals surface area contributed by atoms with E-state index in [2.05, 4.69) is 46.5 Å². The number of aromatic nitrogens is 2. The van der Waals surface area contributed by atoms with Crippen LogP contribution in [0.2, 0.25) is 0 Å². The Labute approximate surface area is 121 Å². The fraction of sp³-hybridized carbons (Fsp3) is 0.714. The maximum atomic E-state index is 5.46. The first kappa shape index (κ1) is 15.0. The molecule has 0 radical (unpaired) electrons. The molecule has 112 valence electrons. The smallest absolute Gasteiger partial charge is 0.145 e. The zero-order valence-electron chi connectivity index (χ0n) is 12.7. The third kappa shape index (κ3) is 4.05. The maximum Gasteiger partial charge on any atom is 0.145 e. The van der Waals surface area contributed by atoms with E-state index in [1.54, 1.807) is 0 Å². The van der Waals surface area contributed by atoms with Gasteiger partial charge >= 0.3 is 0 Å². The predicted octanol–water partition coefficient (Wildman–Crippen LogP) is 1.61. The Morgan fingerprint density at radius 1 is 1.40 bits per heavy atom. The fourth-order valence-corrected chi connectivity index (χ4v) is 2.24. The van der Waals surface area contributed by atoms with Crippen molar-refractivity contribution in [2.75, 3.05) is 24.3 Å². The molecule has 6 nitrogen and oxygen atoms in total. The summed E-state index contributed by atoms with van der Waals surface area (Å²) in [5, 5.41) is 3.39. The number of nitrogens with two attached hydrogens (primary N) is 1. The molecule has 0 amide bonds. The summed E-state index contributed by atoms with van der Waals surface area (Å²) in [7, 11) is 2.19. The molecule has 1 aliphatic rings. The molecule has 0 bridgehead atoms. The van der Waals surface area contributed by atoms with E-state index >= 15 is 0 Å². The average Bonchev–Trinajstić information content (AvgIpc) is 3.28. The van der Waals surface area contributed by atoms with Crippen LogP contribution in [0.1, 0.15) is 38.9 Å². The minimum Gasteiger partial charge on any atom is -0.368 e. The highest BCUT2D eigenvalue weighted by atomic mass is 15.3. The molecule has 1 aromatic rings. The van der Waals surface area contributed by atoms with Crippen molar-refractivity contribution in [1.29, 1.82) is 0 Å². The minimum absolute atomic E-state index is 0.487. The third-order valence-electron chi connectivity index (χ3n) is 3.79. The van der Waals surface area contributed by atoms with Gasteiger partial charge in [0.15, 0.2) is 0 Å². The van der Waals surface area contributed by atoms with Crippen LogP contribution in [0.4, 0.5) is 11.6 Å². The van der Waals surface area contributed by atoms with E-state index in [9.17, 15) is 0 Å². The number of nitrogens with one attached hydrogen (secondary N) is 2. The second kappa shape index (κ2) is 6.85. The van der Waals surface area contributed by atoms with Gasteiger partial charge in [-0.05, 0) is 33.2 Å². The number of nitrogen functional groups attached to an aromatic ring is 1. The van der Waals surface area contributed by atoms with E-state index in [4.69, 9.17) is 5.84 Å². The van der Waals surface area contributed by atoms with Crippen molar-refractivity contribution in [2.45, 2.75) is 51.6 Å². The summed E-state index contributed by atoms with van der Waals surface area (Å²) in [6.07, 6.45) is 4.54. The molecule has 0 aromatic carbocycles. The van der Waals surface area contributed by atoms with Crippen LogP contribution in [-0.2, 0) is 6.42 Å². The van der Waals surface area contributed by atoms with E-state index < -0.39 is 0 Å². The zero-order chi connectivity index (χ0) is 14.5. The van der Waals surface area contributed by atoms with Gasteiger partial charge < -0.3 is 10.7 Å². The van der Waals surface area contributed by atoms with Gasteiger partial charge in [-0.25, -0.2) is 15.8 Å². The summed E-state index contributed by atoms with van der Waals surface area (Å²) in [5.74, 6) is 7.79. The Kier molecular flexibility index (Phi) is 5.14. The monoisotopic (exact) mass is 278 g/mol. The molecule has 0 saturated heterocycles. The van der Waals surface area contributed by atoms with Gasteiger partial charge in [0.2, 0.25) is 0 Å². The van der Waals surface area contributed by atoms with Gasteiger partial charge in [-0.15, -0.1) is 0 Å². The summed E-state index contributed by atoms with van der Waals surface area (Å²) in [4.78, 5) is 11.3.